The molecule has 0 aliphatic rings. The van der Waals surface area contributed by atoms with Crippen LogP contribution in [0.25, 0.3) is 0 Å². The molecule has 1 aromatic rings. The van der Waals surface area contributed by atoms with Crippen molar-refractivity contribution >= 4 is 0 Å². The van der Waals surface area contributed by atoms with Gasteiger partial charge in [-0.2, -0.15) is 5.26 Å². The third kappa shape index (κ3) is 4.64. The van der Waals surface area contributed by atoms with E-state index in [1.165, 1.54) is 0 Å². The second kappa shape index (κ2) is 7.57. The first-order valence-corrected chi connectivity index (χ1v) is 6.11. The molecule has 0 aliphatic carbocycles. The number of nitrogens with zero attached hydrogens (tertiary/aromatic N) is 1. The molecule has 98 valence electrons. The average molecular weight is 248 g/mol. The largest absolute Gasteiger partial charge is 0.493 e. The number of benzene rings is 1. The van der Waals surface area contributed by atoms with E-state index in [1.807, 2.05) is 0 Å². The van der Waals surface area contributed by atoms with Crippen LogP contribution in [-0.2, 0) is 0 Å². The Morgan fingerprint density at radius 3 is 2.72 bits per heavy atom. The monoisotopic (exact) mass is 248 g/mol. The van der Waals surface area contributed by atoms with Crippen molar-refractivity contribution in [3.63, 3.8) is 0 Å². The van der Waals surface area contributed by atoms with Crippen LogP contribution in [0.1, 0.15) is 25.8 Å². The van der Waals surface area contributed by atoms with Crippen LogP contribution in [0.15, 0.2) is 18.2 Å². The second-order valence-electron chi connectivity index (χ2n) is 4.29. The molecular formula is C14H20N2O2. The summed E-state index contributed by atoms with van der Waals surface area (Å²) in [5, 5.41) is 12.1. The van der Waals surface area contributed by atoms with E-state index < -0.39 is 0 Å². The quantitative estimate of drug-likeness (QED) is 0.752. The SMILES string of the molecule is COc1cc(C#N)ccc1OCCCNC(C)C. The second-order valence-corrected chi connectivity index (χ2v) is 4.29. The summed E-state index contributed by atoms with van der Waals surface area (Å²) in [7, 11) is 1.57. The number of methoxy groups -OCH3 is 1. The fraction of sp³-hybridized carbons (Fsp3) is 0.500. The molecule has 18 heavy (non-hydrogen) atoms. The summed E-state index contributed by atoms with van der Waals surface area (Å²) in [6.45, 7) is 5.78. The van der Waals surface area contributed by atoms with Crippen molar-refractivity contribution in [3.8, 4) is 17.6 Å². The van der Waals surface area contributed by atoms with Gasteiger partial charge in [0.2, 0.25) is 0 Å². The molecule has 0 aliphatic heterocycles. The fourth-order valence-corrected chi connectivity index (χ4v) is 1.50. The minimum Gasteiger partial charge on any atom is -0.493 e. The lowest BCUT2D eigenvalue weighted by Gasteiger charge is -2.11. The smallest absolute Gasteiger partial charge is 0.162 e. The molecule has 1 aromatic carbocycles. The first-order chi connectivity index (χ1) is 8.67. The number of ether oxygens (including phenoxy) is 2. The Morgan fingerprint density at radius 2 is 2.11 bits per heavy atom. The van der Waals surface area contributed by atoms with Crippen LogP contribution in [-0.4, -0.2) is 26.3 Å². The van der Waals surface area contributed by atoms with E-state index in [0.717, 1.165) is 13.0 Å². The third-order valence-corrected chi connectivity index (χ3v) is 2.42. The summed E-state index contributed by atoms with van der Waals surface area (Å²) in [6, 6.07) is 7.75. The predicted octanol–water partition coefficient (Wildman–Crippen LogP) is 2.33. The maximum Gasteiger partial charge on any atom is 0.162 e. The molecule has 1 rings (SSSR count). The zero-order valence-electron chi connectivity index (χ0n) is 11.2. The van der Waals surface area contributed by atoms with Gasteiger partial charge in [0.15, 0.2) is 11.5 Å². The molecule has 0 amide bonds. The van der Waals surface area contributed by atoms with Crippen molar-refractivity contribution < 1.29 is 9.47 Å². The summed E-state index contributed by atoms with van der Waals surface area (Å²) in [4.78, 5) is 0. The van der Waals surface area contributed by atoms with Gasteiger partial charge in [0.25, 0.3) is 0 Å². The zero-order valence-corrected chi connectivity index (χ0v) is 11.2. The molecule has 0 saturated heterocycles. The molecule has 0 radical (unpaired) electrons. The molecule has 0 unspecified atom stereocenters. The van der Waals surface area contributed by atoms with Crippen LogP contribution in [0.5, 0.6) is 11.5 Å². The molecule has 0 bridgehead atoms. The molecule has 0 saturated carbocycles. The van der Waals surface area contributed by atoms with Crippen LogP contribution < -0.4 is 14.8 Å². The topological polar surface area (TPSA) is 54.3 Å². The maximum absolute atomic E-state index is 8.79. The van der Waals surface area contributed by atoms with Gasteiger partial charge >= 0.3 is 0 Å². The Bertz CT molecular complexity index is 411. The minimum atomic E-state index is 0.495. The summed E-state index contributed by atoms with van der Waals surface area (Å²) in [5.41, 5.74) is 0.570. The highest BCUT2D eigenvalue weighted by molar-refractivity contribution is 5.46. The molecule has 0 fully saturated rings. The first-order valence-electron chi connectivity index (χ1n) is 6.11. The van der Waals surface area contributed by atoms with Gasteiger partial charge in [0, 0.05) is 12.1 Å². The summed E-state index contributed by atoms with van der Waals surface area (Å²) >= 11 is 0. The summed E-state index contributed by atoms with van der Waals surface area (Å²) in [5.74, 6) is 1.28. The van der Waals surface area contributed by atoms with Crippen molar-refractivity contribution in [1.82, 2.24) is 5.32 Å². The van der Waals surface area contributed by atoms with Gasteiger partial charge in [-0.05, 0) is 25.1 Å². The Morgan fingerprint density at radius 1 is 1.33 bits per heavy atom. The van der Waals surface area contributed by atoms with Crippen molar-refractivity contribution in [1.29, 1.82) is 5.26 Å². The fourth-order valence-electron chi connectivity index (χ4n) is 1.50. The van der Waals surface area contributed by atoms with Gasteiger partial charge in [0.05, 0.1) is 25.3 Å². The molecule has 0 spiro atoms. The number of hydrogen-bond acceptors (Lipinski definition) is 4. The molecule has 1 N–H and O–H groups in total. The minimum absolute atomic E-state index is 0.495. The molecular weight excluding hydrogens is 228 g/mol. The number of nitriles is 1. The molecule has 4 nitrogen and oxygen atoms in total. The van der Waals surface area contributed by atoms with Crippen molar-refractivity contribution in [2.75, 3.05) is 20.3 Å². The van der Waals surface area contributed by atoms with Crippen molar-refractivity contribution in [3.05, 3.63) is 23.8 Å². The van der Waals surface area contributed by atoms with E-state index in [-0.39, 0.29) is 0 Å². The Hall–Kier alpha value is -1.73. The maximum atomic E-state index is 8.79. The highest BCUT2D eigenvalue weighted by Gasteiger charge is 2.05. The molecule has 0 heterocycles. The van der Waals surface area contributed by atoms with Gasteiger partial charge in [0.1, 0.15) is 0 Å². The lowest BCUT2D eigenvalue weighted by Crippen LogP contribution is -2.24. The Balaban J connectivity index is 2.45. The van der Waals surface area contributed by atoms with Crippen LogP contribution in [0.2, 0.25) is 0 Å². The third-order valence-electron chi connectivity index (χ3n) is 2.42. The average Bonchev–Trinajstić information content (AvgIpc) is 2.38. The number of rotatable bonds is 7. The predicted molar refractivity (Wildman–Crippen MR) is 71.0 cm³/mol. The van der Waals surface area contributed by atoms with Crippen molar-refractivity contribution in [2.45, 2.75) is 26.3 Å². The zero-order chi connectivity index (χ0) is 13.4. The summed E-state index contributed by atoms with van der Waals surface area (Å²) in [6.07, 6.45) is 0.932. The number of hydrogen-bond donors (Lipinski definition) is 1. The van der Waals surface area contributed by atoms with Crippen LogP contribution in [0.3, 0.4) is 0 Å². The van der Waals surface area contributed by atoms with E-state index in [0.29, 0.717) is 29.7 Å². The molecule has 0 atom stereocenters. The van der Waals surface area contributed by atoms with Gasteiger partial charge in [-0.25, -0.2) is 0 Å². The summed E-state index contributed by atoms with van der Waals surface area (Å²) < 4.78 is 10.8. The van der Waals surface area contributed by atoms with E-state index in [1.54, 1.807) is 25.3 Å². The number of nitrogens with one attached hydrogen (secondary N) is 1. The lowest BCUT2D eigenvalue weighted by atomic mass is 10.2. The van der Waals surface area contributed by atoms with E-state index in [4.69, 9.17) is 14.7 Å². The first kappa shape index (κ1) is 14.3. The van der Waals surface area contributed by atoms with Crippen LogP contribution >= 0.6 is 0 Å². The van der Waals surface area contributed by atoms with Gasteiger partial charge in [-0.3, -0.25) is 0 Å². The normalized spacial score (nSPS) is 10.2. The van der Waals surface area contributed by atoms with Crippen molar-refractivity contribution in [2.24, 2.45) is 0 Å². The molecule has 0 aromatic heterocycles. The van der Waals surface area contributed by atoms with E-state index in [9.17, 15) is 0 Å². The van der Waals surface area contributed by atoms with Crippen LogP contribution in [0.4, 0.5) is 0 Å². The molecule has 4 heteroatoms. The Kier molecular flexibility index (Phi) is 6.03. The highest BCUT2D eigenvalue weighted by atomic mass is 16.5. The Labute approximate surface area is 109 Å². The van der Waals surface area contributed by atoms with E-state index >= 15 is 0 Å². The lowest BCUT2D eigenvalue weighted by molar-refractivity contribution is 0.286. The van der Waals surface area contributed by atoms with Gasteiger partial charge in [-0.15, -0.1) is 0 Å². The standard InChI is InChI=1S/C14H20N2O2/c1-11(2)16-7-4-8-18-13-6-5-12(10-15)9-14(13)17-3/h5-6,9,11,16H,4,7-8H2,1-3H3. The van der Waals surface area contributed by atoms with Gasteiger partial charge < -0.3 is 14.8 Å². The van der Waals surface area contributed by atoms with Gasteiger partial charge in [-0.1, -0.05) is 13.8 Å². The highest BCUT2D eigenvalue weighted by Crippen LogP contribution is 2.27. The van der Waals surface area contributed by atoms with Crippen LogP contribution in [0, 0.1) is 11.3 Å². The van der Waals surface area contributed by atoms with E-state index in [2.05, 4.69) is 25.2 Å².